The van der Waals surface area contributed by atoms with Gasteiger partial charge in [0.25, 0.3) is 0 Å². The van der Waals surface area contributed by atoms with Crippen LogP contribution in [0.3, 0.4) is 0 Å². The van der Waals surface area contributed by atoms with E-state index in [4.69, 9.17) is 0 Å². The van der Waals surface area contributed by atoms with Crippen molar-refractivity contribution in [3.05, 3.63) is 11.1 Å². The van der Waals surface area contributed by atoms with Gasteiger partial charge in [0.1, 0.15) is 0 Å². The van der Waals surface area contributed by atoms with Gasteiger partial charge in [0.05, 0.1) is 6.04 Å². The van der Waals surface area contributed by atoms with Gasteiger partial charge < -0.3 is 10.6 Å². The first-order valence-corrected chi connectivity index (χ1v) is 6.83. The van der Waals surface area contributed by atoms with Crippen LogP contribution in [-0.2, 0) is 4.79 Å². The lowest BCUT2D eigenvalue weighted by molar-refractivity contribution is -0.122. The predicted octanol–water partition coefficient (Wildman–Crippen LogP) is 2.35. The molecule has 2 aliphatic rings. The van der Waals surface area contributed by atoms with Crippen molar-refractivity contribution in [1.82, 2.24) is 10.6 Å². The molecule has 1 aliphatic heterocycles. The predicted molar refractivity (Wildman–Crippen MR) is 75.6 cm³/mol. The Kier molecular flexibility index (Phi) is 5.97. The standard InChI is InChI=1S/C12H19BrN2O.ClH/c1-8(13)7-14-12(16)11-6-9-4-2-3-5-10(9)15-11;/h9-11,15H,1-7H2,(H,14,16);1H. The zero-order valence-corrected chi connectivity index (χ0v) is 12.3. The van der Waals surface area contributed by atoms with E-state index in [1.54, 1.807) is 0 Å². The Labute approximate surface area is 117 Å². The fourth-order valence-corrected chi connectivity index (χ4v) is 2.97. The van der Waals surface area contributed by atoms with E-state index in [0.29, 0.717) is 12.6 Å². The molecule has 98 valence electrons. The van der Waals surface area contributed by atoms with Gasteiger partial charge in [-0.15, -0.1) is 12.4 Å². The molecule has 2 fully saturated rings. The summed E-state index contributed by atoms with van der Waals surface area (Å²) in [6.07, 6.45) is 6.16. The third kappa shape index (κ3) is 3.97. The van der Waals surface area contributed by atoms with E-state index in [0.717, 1.165) is 16.8 Å². The van der Waals surface area contributed by atoms with Crippen LogP contribution in [-0.4, -0.2) is 24.5 Å². The summed E-state index contributed by atoms with van der Waals surface area (Å²) in [5.41, 5.74) is 0. The average molecular weight is 324 g/mol. The van der Waals surface area contributed by atoms with Gasteiger partial charge in [0.2, 0.25) is 5.91 Å². The largest absolute Gasteiger partial charge is 0.350 e. The van der Waals surface area contributed by atoms with E-state index in [-0.39, 0.29) is 24.4 Å². The molecule has 0 aromatic heterocycles. The molecule has 1 amide bonds. The third-order valence-corrected chi connectivity index (χ3v) is 3.91. The molecule has 0 spiro atoms. The van der Waals surface area contributed by atoms with Crippen LogP contribution in [0.1, 0.15) is 32.1 Å². The lowest BCUT2D eigenvalue weighted by atomic mass is 9.85. The molecular formula is C12H20BrClN2O. The molecule has 1 saturated heterocycles. The first-order chi connectivity index (χ1) is 7.66. The van der Waals surface area contributed by atoms with Crippen molar-refractivity contribution < 1.29 is 4.79 Å². The smallest absolute Gasteiger partial charge is 0.237 e. The minimum absolute atomic E-state index is 0. The molecular weight excluding hydrogens is 304 g/mol. The van der Waals surface area contributed by atoms with E-state index < -0.39 is 0 Å². The monoisotopic (exact) mass is 322 g/mol. The minimum atomic E-state index is 0. The van der Waals surface area contributed by atoms with Crippen LogP contribution in [0.2, 0.25) is 0 Å². The van der Waals surface area contributed by atoms with Gasteiger partial charge in [-0.1, -0.05) is 35.4 Å². The van der Waals surface area contributed by atoms with Crippen molar-refractivity contribution in [2.75, 3.05) is 6.54 Å². The van der Waals surface area contributed by atoms with Gasteiger partial charge in [-0.05, 0) is 25.2 Å². The number of nitrogens with one attached hydrogen (secondary N) is 2. The summed E-state index contributed by atoms with van der Waals surface area (Å²) in [5.74, 6) is 0.840. The Bertz CT molecular complexity index is 284. The maximum atomic E-state index is 11.9. The topological polar surface area (TPSA) is 41.1 Å². The number of hydrogen-bond acceptors (Lipinski definition) is 2. The van der Waals surface area contributed by atoms with Crippen molar-refractivity contribution in [2.45, 2.75) is 44.2 Å². The van der Waals surface area contributed by atoms with E-state index in [1.165, 1.54) is 25.7 Å². The first kappa shape index (κ1) is 15.0. The molecule has 17 heavy (non-hydrogen) atoms. The highest BCUT2D eigenvalue weighted by Crippen LogP contribution is 2.33. The van der Waals surface area contributed by atoms with Crippen molar-refractivity contribution in [3.63, 3.8) is 0 Å². The second-order valence-corrected chi connectivity index (χ2v) is 5.96. The summed E-state index contributed by atoms with van der Waals surface area (Å²) >= 11 is 3.24. The molecule has 0 radical (unpaired) electrons. The highest BCUT2D eigenvalue weighted by atomic mass is 79.9. The SMILES string of the molecule is C=C(Br)CNC(=O)C1CC2CCCCC2N1.Cl. The highest BCUT2D eigenvalue weighted by Gasteiger charge is 2.37. The number of carbonyl (C=O) groups is 1. The zero-order chi connectivity index (χ0) is 11.5. The molecule has 1 aliphatic carbocycles. The van der Waals surface area contributed by atoms with Crippen LogP contribution in [0.25, 0.3) is 0 Å². The number of halogens is 2. The molecule has 1 heterocycles. The summed E-state index contributed by atoms with van der Waals surface area (Å²) < 4.78 is 0.816. The lowest BCUT2D eigenvalue weighted by Gasteiger charge is -2.24. The summed E-state index contributed by atoms with van der Waals surface area (Å²) in [6, 6.07) is 0.594. The fourth-order valence-electron chi connectivity index (χ4n) is 2.83. The second kappa shape index (κ2) is 6.76. The zero-order valence-electron chi connectivity index (χ0n) is 9.88. The summed E-state index contributed by atoms with van der Waals surface area (Å²) in [7, 11) is 0. The number of rotatable bonds is 3. The van der Waals surface area contributed by atoms with Crippen LogP contribution in [0.4, 0.5) is 0 Å². The first-order valence-electron chi connectivity index (χ1n) is 6.04. The Hall–Kier alpha value is -0.0600. The van der Waals surface area contributed by atoms with Crippen molar-refractivity contribution in [2.24, 2.45) is 5.92 Å². The molecule has 3 unspecified atom stereocenters. The van der Waals surface area contributed by atoms with Crippen LogP contribution in [0.5, 0.6) is 0 Å². The number of hydrogen-bond donors (Lipinski definition) is 2. The van der Waals surface area contributed by atoms with Crippen LogP contribution < -0.4 is 10.6 Å². The third-order valence-electron chi connectivity index (χ3n) is 3.63. The Morgan fingerprint density at radius 3 is 2.76 bits per heavy atom. The number of carbonyl (C=O) groups excluding carboxylic acids is 1. The number of amides is 1. The summed E-state index contributed by atoms with van der Waals surface area (Å²) in [4.78, 5) is 11.9. The van der Waals surface area contributed by atoms with Gasteiger partial charge in [0, 0.05) is 17.1 Å². The molecule has 3 atom stereocenters. The molecule has 1 saturated carbocycles. The van der Waals surface area contributed by atoms with Gasteiger partial charge in [-0.3, -0.25) is 4.79 Å². The highest BCUT2D eigenvalue weighted by molar-refractivity contribution is 9.11. The van der Waals surface area contributed by atoms with Crippen molar-refractivity contribution in [3.8, 4) is 0 Å². The summed E-state index contributed by atoms with van der Waals surface area (Å²) in [5, 5.41) is 6.35. The van der Waals surface area contributed by atoms with Crippen LogP contribution in [0.15, 0.2) is 11.1 Å². The van der Waals surface area contributed by atoms with Crippen molar-refractivity contribution >= 4 is 34.2 Å². The van der Waals surface area contributed by atoms with Gasteiger partial charge in [0.15, 0.2) is 0 Å². The maximum absolute atomic E-state index is 11.9. The van der Waals surface area contributed by atoms with E-state index in [9.17, 15) is 4.79 Å². The van der Waals surface area contributed by atoms with E-state index in [2.05, 4.69) is 33.1 Å². The molecule has 0 aromatic rings. The van der Waals surface area contributed by atoms with Gasteiger partial charge in [-0.25, -0.2) is 0 Å². The maximum Gasteiger partial charge on any atom is 0.237 e. The molecule has 2 rings (SSSR count). The molecule has 5 heteroatoms. The average Bonchev–Trinajstić information content (AvgIpc) is 2.69. The molecule has 3 nitrogen and oxygen atoms in total. The van der Waals surface area contributed by atoms with E-state index in [1.807, 2.05) is 0 Å². The van der Waals surface area contributed by atoms with Gasteiger partial charge in [-0.2, -0.15) is 0 Å². The lowest BCUT2D eigenvalue weighted by Crippen LogP contribution is -2.43. The van der Waals surface area contributed by atoms with Crippen LogP contribution in [0, 0.1) is 5.92 Å². The molecule has 0 aromatic carbocycles. The molecule has 0 bridgehead atoms. The normalized spacial score (nSPS) is 31.2. The number of fused-ring (bicyclic) bond motifs is 1. The Morgan fingerprint density at radius 1 is 1.41 bits per heavy atom. The Morgan fingerprint density at radius 2 is 2.12 bits per heavy atom. The van der Waals surface area contributed by atoms with Crippen LogP contribution >= 0.6 is 28.3 Å². The fraction of sp³-hybridized carbons (Fsp3) is 0.750. The quantitative estimate of drug-likeness (QED) is 0.837. The Balaban J connectivity index is 0.00000144. The van der Waals surface area contributed by atoms with Crippen molar-refractivity contribution in [1.29, 1.82) is 0 Å². The molecule has 2 N–H and O–H groups in total. The van der Waals surface area contributed by atoms with Gasteiger partial charge >= 0.3 is 0 Å². The second-order valence-electron chi connectivity index (χ2n) is 4.84. The summed E-state index contributed by atoms with van der Waals surface area (Å²) in [6.45, 7) is 4.23. The minimum Gasteiger partial charge on any atom is -0.350 e. The van der Waals surface area contributed by atoms with E-state index >= 15 is 0 Å².